The van der Waals surface area contributed by atoms with Crippen molar-refractivity contribution >= 4 is 77.7 Å². The second kappa shape index (κ2) is 7.37. The first-order valence-electron chi connectivity index (χ1n) is 7.72. The van der Waals surface area contributed by atoms with Crippen molar-refractivity contribution in [2.24, 2.45) is 10.2 Å². The van der Waals surface area contributed by atoms with E-state index in [4.69, 9.17) is 11.1 Å². The fourth-order valence-electron chi connectivity index (χ4n) is 2.86. The molecule has 0 radical (unpaired) electrons. The Labute approximate surface area is 173 Å². The molecule has 0 fully saturated rings. The van der Waals surface area contributed by atoms with Gasteiger partial charge in [0.2, 0.25) is 0 Å². The lowest BCUT2D eigenvalue weighted by molar-refractivity contribution is 1.13. The summed E-state index contributed by atoms with van der Waals surface area (Å²) < 4.78 is 5.11. The van der Waals surface area contributed by atoms with E-state index in [9.17, 15) is 0 Å². The van der Waals surface area contributed by atoms with Crippen LogP contribution in [-0.4, -0.2) is 19.1 Å². The normalized spacial score (nSPS) is 11.1. The van der Waals surface area contributed by atoms with Crippen LogP contribution in [0.15, 0.2) is 56.1 Å². The number of rotatable bonds is 4. The predicted molar refractivity (Wildman–Crippen MR) is 114 cm³/mol. The van der Waals surface area contributed by atoms with E-state index < -0.39 is 0 Å². The number of halogens is 2. The summed E-state index contributed by atoms with van der Waals surface area (Å²) in [6.45, 7) is 0. The monoisotopic (exact) mass is 498 g/mol. The lowest BCUT2D eigenvalue weighted by Gasteiger charge is -2.01. The first-order chi connectivity index (χ1) is 13.6. The second-order valence-corrected chi connectivity index (χ2v) is 7.21. The summed E-state index contributed by atoms with van der Waals surface area (Å²) in [5.74, 6) is 0. The molecule has 0 aliphatic heterocycles. The fraction of sp³-hybridized carbons (Fsp3) is 0. The summed E-state index contributed by atoms with van der Waals surface area (Å²) in [6.07, 6.45) is 10.4. The van der Waals surface area contributed by atoms with Gasteiger partial charge in [-0.1, -0.05) is 10.2 Å². The van der Waals surface area contributed by atoms with Crippen LogP contribution in [0.1, 0.15) is 0 Å². The summed E-state index contributed by atoms with van der Waals surface area (Å²) in [7, 11) is 0. The minimum absolute atomic E-state index is 0.487. The van der Waals surface area contributed by atoms with Crippen LogP contribution < -0.4 is 0 Å². The number of hydrogen-bond acceptors (Lipinski definition) is 4. The van der Waals surface area contributed by atoms with E-state index in [1.54, 1.807) is 46.1 Å². The Morgan fingerprint density at radius 1 is 0.821 bits per heavy atom. The molecule has 12 heteroatoms. The molecule has 0 aromatic carbocycles. The van der Waals surface area contributed by atoms with Crippen LogP contribution in [0.2, 0.25) is 0 Å². The van der Waals surface area contributed by atoms with E-state index in [0.717, 1.165) is 8.95 Å². The number of azide groups is 2. The maximum atomic E-state index is 8.75. The average Bonchev–Trinajstić information content (AvgIpc) is 3.19. The smallest absolute Gasteiger partial charge is 0.145 e. The zero-order chi connectivity index (χ0) is 19.7. The molecule has 0 bridgehead atoms. The van der Waals surface area contributed by atoms with Crippen molar-refractivity contribution in [3.63, 3.8) is 0 Å². The quantitative estimate of drug-likeness (QED) is 0.172. The Balaban J connectivity index is 1.85. The van der Waals surface area contributed by atoms with Gasteiger partial charge in [0.25, 0.3) is 0 Å². The third-order valence-electron chi connectivity index (χ3n) is 3.98. The van der Waals surface area contributed by atoms with Gasteiger partial charge in [0.15, 0.2) is 0 Å². The number of fused-ring (bicyclic) bond motifs is 2. The number of hydrogen-bond donors (Lipinski definition) is 0. The lowest BCUT2D eigenvalue weighted by atomic mass is 10.3. The summed E-state index contributed by atoms with van der Waals surface area (Å²) in [4.78, 5) is 14.5. The molecule has 0 saturated carbocycles. The van der Waals surface area contributed by atoms with Gasteiger partial charge < -0.3 is 9.13 Å². The van der Waals surface area contributed by atoms with Crippen molar-refractivity contribution in [1.29, 1.82) is 0 Å². The maximum Gasteiger partial charge on any atom is 0.145 e. The van der Waals surface area contributed by atoms with Crippen LogP contribution >= 0.6 is 31.9 Å². The molecule has 28 heavy (non-hydrogen) atoms. The molecule has 0 unspecified atom stereocenters. The minimum atomic E-state index is 0.487. The number of nitrogens with zero attached hydrogens (tertiary/aromatic N) is 10. The van der Waals surface area contributed by atoms with Crippen LogP contribution in [0, 0.1) is 0 Å². The van der Waals surface area contributed by atoms with Crippen LogP contribution in [0.4, 0.5) is 11.4 Å². The summed E-state index contributed by atoms with van der Waals surface area (Å²) in [5, 5.41) is 8.85. The molecule has 4 rings (SSSR count). The fourth-order valence-corrected chi connectivity index (χ4v) is 4.06. The predicted octanol–water partition coefficient (Wildman–Crippen LogP) is 6.88. The van der Waals surface area contributed by atoms with Gasteiger partial charge in [-0.3, -0.25) is 0 Å². The van der Waals surface area contributed by atoms with Gasteiger partial charge >= 0.3 is 0 Å². The molecular weight excluding hydrogens is 492 g/mol. The van der Waals surface area contributed by atoms with Gasteiger partial charge in [0.05, 0.1) is 11.4 Å². The largest absolute Gasteiger partial charge is 0.305 e. The van der Waals surface area contributed by atoms with Crippen molar-refractivity contribution in [3.05, 3.63) is 66.8 Å². The van der Waals surface area contributed by atoms with Gasteiger partial charge in [0, 0.05) is 66.7 Å². The number of pyridine rings is 2. The maximum absolute atomic E-state index is 8.75. The van der Waals surface area contributed by atoms with Gasteiger partial charge in [-0.05, 0) is 55.1 Å². The van der Waals surface area contributed by atoms with Crippen molar-refractivity contribution in [1.82, 2.24) is 19.1 Å². The minimum Gasteiger partial charge on any atom is -0.305 e. The highest BCUT2D eigenvalue weighted by Crippen LogP contribution is 2.35. The topological polar surface area (TPSA) is 133 Å². The molecule has 136 valence electrons. The Morgan fingerprint density at radius 2 is 1.25 bits per heavy atom. The first-order valence-corrected chi connectivity index (χ1v) is 9.31. The third kappa shape index (κ3) is 3.00. The van der Waals surface area contributed by atoms with Crippen LogP contribution in [-0.2, 0) is 0 Å². The highest BCUT2D eigenvalue weighted by atomic mass is 79.9. The molecule has 0 N–H and O–H groups in total. The molecule has 4 aromatic rings. The Morgan fingerprint density at radius 3 is 1.64 bits per heavy atom. The van der Waals surface area contributed by atoms with E-state index in [1.807, 2.05) is 12.4 Å². The first kappa shape index (κ1) is 18.1. The molecule has 0 spiro atoms. The molecule has 4 aromatic heterocycles. The molecule has 0 atom stereocenters. The van der Waals surface area contributed by atoms with Crippen molar-refractivity contribution < 1.29 is 0 Å². The highest BCUT2D eigenvalue weighted by Gasteiger charge is 2.12. The molecule has 4 heterocycles. The molecule has 10 nitrogen and oxygen atoms in total. The zero-order valence-corrected chi connectivity index (χ0v) is 17.0. The van der Waals surface area contributed by atoms with Crippen molar-refractivity contribution in [2.75, 3.05) is 0 Å². The van der Waals surface area contributed by atoms with E-state index in [0.29, 0.717) is 33.4 Å². The summed E-state index contributed by atoms with van der Waals surface area (Å²) in [6, 6.07) is 3.30. The second-order valence-electron chi connectivity index (χ2n) is 5.50. The summed E-state index contributed by atoms with van der Waals surface area (Å²) >= 11 is 6.97. The Hall–Kier alpha value is -3.30. The highest BCUT2D eigenvalue weighted by molar-refractivity contribution is 9.11. The number of aromatic nitrogens is 4. The Bertz CT molecular complexity index is 1250. The van der Waals surface area contributed by atoms with Gasteiger partial charge in [0.1, 0.15) is 11.3 Å². The average molecular weight is 500 g/mol. The Kier molecular flexibility index (Phi) is 4.76. The van der Waals surface area contributed by atoms with Gasteiger partial charge in [-0.2, -0.15) is 0 Å². The molecule has 0 aliphatic rings. The zero-order valence-electron chi connectivity index (χ0n) is 13.8. The third-order valence-corrected chi connectivity index (χ3v) is 5.18. The van der Waals surface area contributed by atoms with E-state index in [2.05, 4.69) is 61.9 Å². The van der Waals surface area contributed by atoms with Crippen molar-refractivity contribution in [2.45, 2.75) is 0 Å². The standard InChI is InChI=1S/C16H8Br2N10/c17-9-7-27(15-13(9)11(23-25-19)1-3-21-15)5-6-28-8-10(18)14-12(24-26-20)2-4-22-16(14)28/h1-8H/b6-5+. The SMILES string of the molecule is [N-]=[N+]=Nc1ccnc2c1c(Br)cn2/C=C/n1cc(Br)c2c(N=[N+]=[N-])ccnc21. The van der Waals surface area contributed by atoms with E-state index >= 15 is 0 Å². The molecular formula is C16H8Br2N10. The van der Waals surface area contributed by atoms with E-state index in [1.165, 1.54) is 0 Å². The van der Waals surface area contributed by atoms with Crippen LogP contribution in [0.3, 0.4) is 0 Å². The molecule has 0 amide bonds. The van der Waals surface area contributed by atoms with Gasteiger partial charge in [-0.25, -0.2) is 9.97 Å². The molecule has 0 saturated heterocycles. The van der Waals surface area contributed by atoms with E-state index in [-0.39, 0.29) is 0 Å². The van der Waals surface area contributed by atoms with Crippen molar-refractivity contribution in [3.8, 4) is 0 Å². The van der Waals surface area contributed by atoms with Crippen LogP contribution in [0.5, 0.6) is 0 Å². The lowest BCUT2D eigenvalue weighted by Crippen LogP contribution is -1.90. The van der Waals surface area contributed by atoms with Gasteiger partial charge in [-0.15, -0.1) is 0 Å². The van der Waals surface area contributed by atoms with Crippen LogP contribution in [0.25, 0.3) is 55.4 Å². The molecule has 0 aliphatic carbocycles. The summed E-state index contributed by atoms with van der Waals surface area (Å²) in [5.41, 5.74) is 19.7.